The highest BCUT2D eigenvalue weighted by molar-refractivity contribution is 7.80. The summed E-state index contributed by atoms with van der Waals surface area (Å²) in [5.74, 6) is 0.297. The number of methoxy groups -OCH3 is 2. The van der Waals surface area contributed by atoms with Crippen LogP contribution in [0.1, 0.15) is 18.5 Å². The van der Waals surface area contributed by atoms with Gasteiger partial charge in [0.15, 0.2) is 22.3 Å². The standard InChI is InChI=1S/C14H16N2O4S/c1-14-9(12(17)19-3)10(15-13(21)16-14)7-5-4-6-8(18-2)11(7)20-14/h4-6,9-10H,1-3H3,(H2,15,16,21). The molecule has 0 aliphatic carbocycles. The first-order valence-electron chi connectivity index (χ1n) is 6.52. The maximum absolute atomic E-state index is 12.2. The number of para-hydroxylation sites is 1. The predicted octanol–water partition coefficient (Wildman–Crippen LogP) is 1.11. The van der Waals surface area contributed by atoms with Gasteiger partial charge in [-0.2, -0.15) is 0 Å². The van der Waals surface area contributed by atoms with E-state index in [1.165, 1.54) is 7.11 Å². The zero-order valence-electron chi connectivity index (χ0n) is 11.9. The van der Waals surface area contributed by atoms with E-state index in [4.69, 9.17) is 26.4 Å². The van der Waals surface area contributed by atoms with Crippen LogP contribution in [0.25, 0.3) is 0 Å². The quantitative estimate of drug-likeness (QED) is 0.626. The van der Waals surface area contributed by atoms with E-state index >= 15 is 0 Å². The van der Waals surface area contributed by atoms with Gasteiger partial charge in [0.05, 0.1) is 20.3 Å². The van der Waals surface area contributed by atoms with Crippen molar-refractivity contribution in [1.29, 1.82) is 0 Å². The smallest absolute Gasteiger partial charge is 0.317 e. The summed E-state index contributed by atoms with van der Waals surface area (Å²) in [6.45, 7) is 1.78. The third-order valence-corrected chi connectivity index (χ3v) is 4.13. The molecule has 0 aromatic heterocycles. The molecule has 0 radical (unpaired) electrons. The number of carbonyl (C=O) groups excluding carboxylic acids is 1. The van der Waals surface area contributed by atoms with Crippen LogP contribution in [0.5, 0.6) is 11.5 Å². The highest BCUT2D eigenvalue weighted by atomic mass is 32.1. The van der Waals surface area contributed by atoms with E-state index in [0.29, 0.717) is 16.6 Å². The molecule has 0 amide bonds. The van der Waals surface area contributed by atoms with Crippen LogP contribution in [0.2, 0.25) is 0 Å². The molecule has 1 saturated heterocycles. The Kier molecular flexibility index (Phi) is 3.16. The Bertz CT molecular complexity index is 621. The predicted molar refractivity (Wildman–Crippen MR) is 79.1 cm³/mol. The molecule has 1 aromatic rings. The number of ether oxygens (including phenoxy) is 3. The van der Waals surface area contributed by atoms with Gasteiger partial charge in [-0.25, -0.2) is 0 Å². The topological polar surface area (TPSA) is 68.8 Å². The highest BCUT2D eigenvalue weighted by Crippen LogP contribution is 2.48. The van der Waals surface area contributed by atoms with Crippen LogP contribution >= 0.6 is 12.2 Å². The third kappa shape index (κ3) is 1.99. The number of carbonyl (C=O) groups is 1. The molecule has 0 saturated carbocycles. The number of thiocarbonyl (C=S) groups is 1. The number of fused-ring (bicyclic) bond motifs is 4. The molecule has 1 aromatic carbocycles. The summed E-state index contributed by atoms with van der Waals surface area (Å²) in [7, 11) is 2.94. The van der Waals surface area contributed by atoms with Crippen molar-refractivity contribution >= 4 is 23.3 Å². The Morgan fingerprint density at radius 2 is 2.19 bits per heavy atom. The molecule has 3 rings (SSSR count). The normalized spacial score (nSPS) is 29.4. The van der Waals surface area contributed by atoms with Gasteiger partial charge in [-0.05, 0) is 25.2 Å². The minimum atomic E-state index is -0.984. The summed E-state index contributed by atoms with van der Waals surface area (Å²) in [6, 6.07) is 5.23. The maximum atomic E-state index is 12.2. The van der Waals surface area contributed by atoms with Crippen molar-refractivity contribution in [3.05, 3.63) is 23.8 Å². The first kappa shape index (κ1) is 13.9. The van der Waals surface area contributed by atoms with Gasteiger partial charge in [0.2, 0.25) is 0 Å². The van der Waals surface area contributed by atoms with Crippen molar-refractivity contribution < 1.29 is 19.0 Å². The Hall–Kier alpha value is -2.02. The molecule has 2 aliphatic rings. The molecule has 3 atom stereocenters. The summed E-state index contributed by atoms with van der Waals surface area (Å²) in [5.41, 5.74) is -0.159. The second-order valence-electron chi connectivity index (χ2n) is 5.16. The van der Waals surface area contributed by atoms with Crippen LogP contribution in [-0.2, 0) is 9.53 Å². The number of nitrogens with one attached hydrogen (secondary N) is 2. The highest BCUT2D eigenvalue weighted by Gasteiger charge is 2.56. The fourth-order valence-electron chi connectivity index (χ4n) is 2.98. The summed E-state index contributed by atoms with van der Waals surface area (Å²) in [5, 5.41) is 6.59. The van der Waals surface area contributed by atoms with Gasteiger partial charge in [-0.1, -0.05) is 12.1 Å². The van der Waals surface area contributed by atoms with E-state index in [1.54, 1.807) is 14.0 Å². The van der Waals surface area contributed by atoms with Crippen LogP contribution < -0.4 is 20.1 Å². The first-order chi connectivity index (χ1) is 10.00. The second-order valence-corrected chi connectivity index (χ2v) is 5.57. The molecule has 3 unspecified atom stereocenters. The van der Waals surface area contributed by atoms with Gasteiger partial charge >= 0.3 is 5.97 Å². The lowest BCUT2D eigenvalue weighted by Gasteiger charge is -2.50. The monoisotopic (exact) mass is 308 g/mol. The number of hydrogen-bond acceptors (Lipinski definition) is 5. The summed E-state index contributed by atoms with van der Waals surface area (Å²) >= 11 is 5.21. The zero-order chi connectivity index (χ0) is 15.2. The summed E-state index contributed by atoms with van der Waals surface area (Å²) in [4.78, 5) is 12.2. The van der Waals surface area contributed by atoms with E-state index in [0.717, 1.165) is 5.56 Å². The van der Waals surface area contributed by atoms with Crippen molar-refractivity contribution in [3.8, 4) is 11.5 Å². The van der Waals surface area contributed by atoms with Gasteiger partial charge in [0, 0.05) is 5.56 Å². The fraction of sp³-hybridized carbons (Fsp3) is 0.429. The Balaban J connectivity index is 2.17. The van der Waals surface area contributed by atoms with Crippen molar-refractivity contribution in [2.24, 2.45) is 5.92 Å². The van der Waals surface area contributed by atoms with Gasteiger partial charge < -0.3 is 24.8 Å². The van der Waals surface area contributed by atoms with Crippen LogP contribution in [0.4, 0.5) is 0 Å². The molecule has 2 bridgehead atoms. The number of rotatable bonds is 2. The molecule has 2 aliphatic heterocycles. The molecule has 112 valence electrons. The van der Waals surface area contributed by atoms with E-state index in [1.807, 2.05) is 18.2 Å². The Morgan fingerprint density at radius 1 is 1.43 bits per heavy atom. The first-order valence-corrected chi connectivity index (χ1v) is 6.93. The minimum Gasteiger partial charge on any atom is -0.493 e. The van der Waals surface area contributed by atoms with Gasteiger partial charge in [-0.3, -0.25) is 4.79 Å². The summed E-state index contributed by atoms with van der Waals surface area (Å²) < 4.78 is 16.3. The minimum absolute atomic E-state index is 0.324. The molecule has 21 heavy (non-hydrogen) atoms. The molecule has 2 N–H and O–H groups in total. The maximum Gasteiger partial charge on any atom is 0.317 e. The molecular weight excluding hydrogens is 292 g/mol. The lowest BCUT2D eigenvalue weighted by molar-refractivity contribution is -0.159. The lowest BCUT2D eigenvalue weighted by Crippen LogP contribution is -2.70. The average Bonchev–Trinajstić information content (AvgIpc) is 2.44. The van der Waals surface area contributed by atoms with E-state index in [-0.39, 0.29) is 12.0 Å². The molecule has 0 spiro atoms. The van der Waals surface area contributed by atoms with Gasteiger partial charge in [0.1, 0.15) is 5.92 Å². The average molecular weight is 308 g/mol. The molecule has 1 fully saturated rings. The van der Waals surface area contributed by atoms with E-state index in [9.17, 15) is 4.79 Å². The van der Waals surface area contributed by atoms with Crippen LogP contribution in [-0.4, -0.2) is 31.0 Å². The van der Waals surface area contributed by atoms with Crippen molar-refractivity contribution in [2.45, 2.75) is 18.7 Å². The third-order valence-electron chi connectivity index (χ3n) is 3.91. The molecule has 6 nitrogen and oxygen atoms in total. The number of esters is 1. The molecule has 7 heteroatoms. The fourth-order valence-corrected chi connectivity index (χ4v) is 3.31. The molecule has 2 heterocycles. The Morgan fingerprint density at radius 3 is 2.86 bits per heavy atom. The lowest BCUT2D eigenvalue weighted by atomic mass is 9.80. The van der Waals surface area contributed by atoms with Gasteiger partial charge in [-0.15, -0.1) is 0 Å². The van der Waals surface area contributed by atoms with E-state index < -0.39 is 11.6 Å². The SMILES string of the molecule is COC(=O)C1C2NC(=S)NC1(C)Oc1c(OC)cccc12. The van der Waals surface area contributed by atoms with Crippen molar-refractivity contribution in [3.63, 3.8) is 0 Å². The Labute approximate surface area is 127 Å². The van der Waals surface area contributed by atoms with E-state index in [2.05, 4.69) is 10.6 Å². The largest absolute Gasteiger partial charge is 0.493 e. The number of benzene rings is 1. The van der Waals surface area contributed by atoms with Gasteiger partial charge in [0.25, 0.3) is 0 Å². The van der Waals surface area contributed by atoms with Crippen LogP contribution in [0, 0.1) is 5.92 Å². The summed E-state index contributed by atoms with van der Waals surface area (Å²) in [6.07, 6.45) is 0. The van der Waals surface area contributed by atoms with Crippen LogP contribution in [0.15, 0.2) is 18.2 Å². The van der Waals surface area contributed by atoms with Crippen molar-refractivity contribution in [1.82, 2.24) is 10.6 Å². The zero-order valence-corrected chi connectivity index (χ0v) is 12.7. The van der Waals surface area contributed by atoms with Crippen LogP contribution in [0.3, 0.4) is 0 Å². The number of hydrogen-bond donors (Lipinski definition) is 2. The molecular formula is C14H16N2O4S. The van der Waals surface area contributed by atoms with Crippen molar-refractivity contribution in [2.75, 3.05) is 14.2 Å². The second kappa shape index (κ2) is 4.77.